The highest BCUT2D eigenvalue weighted by Gasteiger charge is 2.20. The fourth-order valence-electron chi connectivity index (χ4n) is 2.94. The number of carbonyl (C=O) groups is 3. The van der Waals surface area contributed by atoms with Crippen LogP contribution in [0.3, 0.4) is 0 Å². The monoisotopic (exact) mass is 454 g/mol. The van der Waals surface area contributed by atoms with E-state index in [1.807, 2.05) is 13.0 Å². The summed E-state index contributed by atoms with van der Waals surface area (Å²) in [6.07, 6.45) is 1.49. The number of aryl methyl sites for hydroxylation is 1. The summed E-state index contributed by atoms with van der Waals surface area (Å²) in [5.74, 6) is -1.38. The number of anilines is 2. The van der Waals surface area contributed by atoms with Crippen LogP contribution < -0.4 is 15.5 Å². The predicted molar refractivity (Wildman–Crippen MR) is 122 cm³/mol. The number of nitrogens with one attached hydrogen (secondary N) is 2. The number of thiazole rings is 1. The lowest BCUT2D eigenvalue weighted by Crippen LogP contribution is -2.41. The molecule has 32 heavy (non-hydrogen) atoms. The van der Waals surface area contributed by atoms with Gasteiger partial charge in [0, 0.05) is 36.7 Å². The summed E-state index contributed by atoms with van der Waals surface area (Å²) in [5, 5.41) is 7.59. The molecule has 0 aliphatic carbocycles. The van der Waals surface area contributed by atoms with Gasteiger partial charge < -0.3 is 15.5 Å². The second-order valence-corrected chi connectivity index (χ2v) is 8.00. The van der Waals surface area contributed by atoms with Gasteiger partial charge in [-0.25, -0.2) is 9.37 Å². The largest absolute Gasteiger partial charge is 0.350 e. The summed E-state index contributed by atoms with van der Waals surface area (Å²) in [7, 11) is 0. The number of hydrogen-bond acceptors (Lipinski definition) is 5. The van der Waals surface area contributed by atoms with Crippen molar-refractivity contribution in [3.63, 3.8) is 0 Å². The van der Waals surface area contributed by atoms with Crippen LogP contribution in [0.4, 0.5) is 15.2 Å². The standard InChI is InChI=1S/C23H23FN4O3S/c1-16-3-2-4-19(13-16)28(15-21(30)26-14-17-5-7-18(24)8-6-17)22(31)10-9-20(29)27-23-25-11-12-32-23/h2-8,11-13H,9-10,14-15H2,1H3,(H,26,30)(H,25,27,29). The zero-order valence-electron chi connectivity index (χ0n) is 17.5. The first-order valence-electron chi connectivity index (χ1n) is 9.98. The maximum Gasteiger partial charge on any atom is 0.240 e. The Bertz CT molecular complexity index is 1070. The molecule has 0 saturated carbocycles. The van der Waals surface area contributed by atoms with Crippen LogP contribution in [-0.2, 0) is 20.9 Å². The van der Waals surface area contributed by atoms with Crippen LogP contribution in [0.5, 0.6) is 0 Å². The average Bonchev–Trinajstić information content (AvgIpc) is 3.28. The normalized spacial score (nSPS) is 10.4. The molecule has 3 amide bonds. The number of rotatable bonds is 9. The molecule has 0 bridgehead atoms. The maximum atomic E-state index is 13.0. The zero-order chi connectivity index (χ0) is 22.9. The third-order valence-electron chi connectivity index (χ3n) is 4.56. The lowest BCUT2D eigenvalue weighted by atomic mass is 10.2. The van der Waals surface area contributed by atoms with E-state index in [4.69, 9.17) is 0 Å². The fraction of sp³-hybridized carbons (Fsp3) is 0.217. The van der Waals surface area contributed by atoms with E-state index in [1.165, 1.54) is 28.4 Å². The molecule has 0 fully saturated rings. The number of aromatic nitrogens is 1. The molecule has 2 aromatic carbocycles. The molecular formula is C23H23FN4O3S. The first-order chi connectivity index (χ1) is 15.4. The number of amides is 3. The van der Waals surface area contributed by atoms with Gasteiger partial charge in [-0.05, 0) is 42.3 Å². The van der Waals surface area contributed by atoms with Crippen molar-refractivity contribution >= 4 is 39.9 Å². The number of hydrogen-bond donors (Lipinski definition) is 2. The molecule has 0 aliphatic heterocycles. The highest BCUT2D eigenvalue weighted by atomic mass is 32.1. The van der Waals surface area contributed by atoms with Gasteiger partial charge in [0.25, 0.3) is 0 Å². The summed E-state index contributed by atoms with van der Waals surface area (Å²) in [4.78, 5) is 42.9. The van der Waals surface area contributed by atoms with Crippen molar-refractivity contribution in [2.45, 2.75) is 26.3 Å². The van der Waals surface area contributed by atoms with Crippen LogP contribution in [-0.4, -0.2) is 29.3 Å². The molecule has 9 heteroatoms. The van der Waals surface area contributed by atoms with Gasteiger partial charge in [0.15, 0.2) is 5.13 Å². The summed E-state index contributed by atoms with van der Waals surface area (Å²) in [6.45, 7) is 1.91. The van der Waals surface area contributed by atoms with Gasteiger partial charge >= 0.3 is 0 Å². The maximum absolute atomic E-state index is 13.0. The van der Waals surface area contributed by atoms with Crippen molar-refractivity contribution in [1.82, 2.24) is 10.3 Å². The molecule has 0 spiro atoms. The van der Waals surface area contributed by atoms with Crippen molar-refractivity contribution in [3.05, 3.63) is 77.1 Å². The lowest BCUT2D eigenvalue weighted by Gasteiger charge is -2.23. The minimum Gasteiger partial charge on any atom is -0.350 e. The number of benzene rings is 2. The van der Waals surface area contributed by atoms with E-state index in [9.17, 15) is 18.8 Å². The minimum absolute atomic E-state index is 0.0298. The van der Waals surface area contributed by atoms with E-state index < -0.39 is 0 Å². The third kappa shape index (κ3) is 6.98. The first-order valence-corrected chi connectivity index (χ1v) is 10.9. The predicted octanol–water partition coefficient (Wildman–Crippen LogP) is 3.66. The van der Waals surface area contributed by atoms with Gasteiger partial charge in [-0.3, -0.25) is 14.4 Å². The molecule has 7 nitrogen and oxygen atoms in total. The van der Waals surface area contributed by atoms with Crippen molar-refractivity contribution in [1.29, 1.82) is 0 Å². The van der Waals surface area contributed by atoms with Crippen LogP contribution >= 0.6 is 11.3 Å². The Balaban J connectivity index is 1.62. The molecule has 0 aliphatic rings. The Labute approximate surface area is 189 Å². The summed E-state index contributed by atoms with van der Waals surface area (Å²) < 4.78 is 13.0. The Morgan fingerprint density at radius 2 is 1.84 bits per heavy atom. The average molecular weight is 455 g/mol. The van der Waals surface area contributed by atoms with E-state index in [0.717, 1.165) is 11.1 Å². The molecule has 3 aromatic rings. The Hall–Kier alpha value is -3.59. The highest BCUT2D eigenvalue weighted by molar-refractivity contribution is 7.13. The van der Waals surface area contributed by atoms with Crippen LogP contribution in [0, 0.1) is 12.7 Å². The first kappa shape index (κ1) is 23.1. The summed E-state index contributed by atoms with van der Waals surface area (Å²) in [5.41, 5.74) is 2.26. The van der Waals surface area contributed by atoms with Gasteiger partial charge in [0.2, 0.25) is 17.7 Å². The topological polar surface area (TPSA) is 91.4 Å². The van der Waals surface area contributed by atoms with Crippen molar-refractivity contribution in [3.8, 4) is 0 Å². The molecule has 0 saturated heterocycles. The highest BCUT2D eigenvalue weighted by Crippen LogP contribution is 2.18. The van der Waals surface area contributed by atoms with Crippen LogP contribution in [0.1, 0.15) is 24.0 Å². The molecule has 1 heterocycles. The van der Waals surface area contributed by atoms with Gasteiger partial charge in [0.1, 0.15) is 12.4 Å². The van der Waals surface area contributed by atoms with Crippen molar-refractivity contribution in [2.75, 3.05) is 16.8 Å². The van der Waals surface area contributed by atoms with Crippen LogP contribution in [0.15, 0.2) is 60.1 Å². The van der Waals surface area contributed by atoms with Crippen LogP contribution in [0.2, 0.25) is 0 Å². The van der Waals surface area contributed by atoms with E-state index >= 15 is 0 Å². The van der Waals surface area contributed by atoms with E-state index in [0.29, 0.717) is 10.8 Å². The Morgan fingerprint density at radius 3 is 2.53 bits per heavy atom. The van der Waals surface area contributed by atoms with Crippen LogP contribution in [0.25, 0.3) is 0 Å². The number of halogens is 1. The Kier molecular flexibility index (Phi) is 8.04. The van der Waals surface area contributed by atoms with E-state index in [1.54, 1.807) is 41.9 Å². The molecule has 0 radical (unpaired) electrons. The molecular weight excluding hydrogens is 431 g/mol. The molecule has 1 aromatic heterocycles. The minimum atomic E-state index is -0.364. The quantitative estimate of drug-likeness (QED) is 0.516. The Morgan fingerprint density at radius 1 is 1.06 bits per heavy atom. The van der Waals surface area contributed by atoms with Crippen molar-refractivity contribution in [2.24, 2.45) is 0 Å². The SMILES string of the molecule is Cc1cccc(N(CC(=O)NCc2ccc(F)cc2)C(=O)CCC(=O)Nc2nccs2)c1. The molecule has 166 valence electrons. The smallest absolute Gasteiger partial charge is 0.240 e. The molecule has 0 unspecified atom stereocenters. The zero-order valence-corrected chi connectivity index (χ0v) is 18.3. The van der Waals surface area contributed by atoms with E-state index in [-0.39, 0.29) is 49.5 Å². The lowest BCUT2D eigenvalue weighted by molar-refractivity contribution is -0.125. The number of nitrogens with zero attached hydrogens (tertiary/aromatic N) is 2. The summed E-state index contributed by atoms with van der Waals surface area (Å²) in [6, 6.07) is 13.1. The third-order valence-corrected chi connectivity index (χ3v) is 5.25. The van der Waals surface area contributed by atoms with Crippen molar-refractivity contribution < 1.29 is 18.8 Å². The van der Waals surface area contributed by atoms with Gasteiger partial charge in [-0.15, -0.1) is 11.3 Å². The second-order valence-electron chi connectivity index (χ2n) is 7.11. The molecule has 2 N–H and O–H groups in total. The molecule has 0 atom stereocenters. The van der Waals surface area contributed by atoms with E-state index in [2.05, 4.69) is 15.6 Å². The van der Waals surface area contributed by atoms with Gasteiger partial charge in [-0.2, -0.15) is 0 Å². The summed E-state index contributed by atoms with van der Waals surface area (Å²) >= 11 is 1.29. The van der Waals surface area contributed by atoms with Gasteiger partial charge in [0.05, 0.1) is 0 Å². The number of carbonyl (C=O) groups excluding carboxylic acids is 3. The molecule has 3 rings (SSSR count). The van der Waals surface area contributed by atoms with Gasteiger partial charge in [-0.1, -0.05) is 24.3 Å². The second kappa shape index (κ2) is 11.1. The fourth-order valence-corrected chi connectivity index (χ4v) is 3.49.